The van der Waals surface area contributed by atoms with Gasteiger partial charge in [-0.05, 0) is 85.5 Å². The number of Topliss-reactive ketones (excluding diaryl/α,β-unsaturated/α-hetero) is 1. The second-order valence-electron chi connectivity index (χ2n) is 10.3. The molecule has 0 unspecified atom stereocenters. The second kappa shape index (κ2) is 5.71. The van der Waals surface area contributed by atoms with Gasteiger partial charge in [-0.1, -0.05) is 46.6 Å². The second-order valence-corrected chi connectivity index (χ2v) is 10.3. The van der Waals surface area contributed by atoms with Crippen molar-refractivity contribution in [1.29, 1.82) is 0 Å². The summed E-state index contributed by atoms with van der Waals surface area (Å²) in [4.78, 5) is 13.2. The molecule has 4 saturated carbocycles. The van der Waals surface area contributed by atoms with E-state index < -0.39 is 0 Å². The predicted molar refractivity (Wildman–Crippen MR) is 99.7 cm³/mol. The van der Waals surface area contributed by atoms with Crippen molar-refractivity contribution < 1.29 is 4.79 Å². The molecule has 4 aliphatic carbocycles. The first-order valence-electron chi connectivity index (χ1n) is 10.6. The zero-order chi connectivity index (χ0) is 17.1. The van der Waals surface area contributed by atoms with Crippen molar-refractivity contribution in [2.75, 3.05) is 0 Å². The minimum absolute atomic E-state index is 0.0419. The lowest BCUT2D eigenvalue weighted by Crippen LogP contribution is -2.52. The van der Waals surface area contributed by atoms with Crippen LogP contribution in [-0.2, 0) is 4.79 Å². The first kappa shape index (κ1) is 16.9. The molecular formula is C23H36O. The average Bonchev–Trinajstić information content (AvgIpc) is 2.78. The fourth-order valence-electron chi connectivity index (χ4n) is 7.52. The number of carbonyl (C=O) groups is 1. The molecule has 0 spiro atoms. The quantitative estimate of drug-likeness (QED) is 0.525. The summed E-state index contributed by atoms with van der Waals surface area (Å²) in [6.07, 6.45) is 14.5. The van der Waals surface area contributed by atoms with Gasteiger partial charge in [0.2, 0.25) is 0 Å². The maximum Gasteiger partial charge on any atom is 0.164 e. The summed E-state index contributed by atoms with van der Waals surface area (Å²) >= 11 is 0. The Morgan fingerprint density at radius 3 is 2.54 bits per heavy atom. The van der Waals surface area contributed by atoms with E-state index in [1.165, 1.54) is 50.5 Å². The Balaban J connectivity index is 1.65. The van der Waals surface area contributed by atoms with Crippen LogP contribution in [-0.4, -0.2) is 5.78 Å². The third kappa shape index (κ3) is 2.29. The van der Waals surface area contributed by atoms with Gasteiger partial charge in [0.25, 0.3) is 0 Å². The summed E-state index contributed by atoms with van der Waals surface area (Å²) in [5, 5.41) is 0. The number of hydrogen-bond donors (Lipinski definition) is 0. The van der Waals surface area contributed by atoms with E-state index in [1.807, 2.05) is 0 Å². The standard InChI is InChI=1S/C23H36O/c1-15(2)13-16-14-20-18-9-8-17-7-5-6-11-22(17,3)19(18)10-12-23(20,4)21(16)24/h13,15,17-20H,5-12,14H2,1-4H3/b16-13+/t17-,18-,19+,20+,22+,23+/m1/s1. The molecule has 134 valence electrons. The lowest BCUT2D eigenvalue weighted by atomic mass is 9.45. The number of allylic oxidation sites excluding steroid dienone is 2. The fraction of sp³-hybridized carbons (Fsp3) is 0.870. The summed E-state index contributed by atoms with van der Waals surface area (Å²) in [6, 6.07) is 0. The number of ketones is 1. The Morgan fingerprint density at radius 2 is 1.79 bits per heavy atom. The van der Waals surface area contributed by atoms with Crippen molar-refractivity contribution in [3.05, 3.63) is 11.6 Å². The smallest absolute Gasteiger partial charge is 0.164 e. The van der Waals surface area contributed by atoms with Crippen LogP contribution < -0.4 is 0 Å². The van der Waals surface area contributed by atoms with Gasteiger partial charge in [-0.3, -0.25) is 4.79 Å². The van der Waals surface area contributed by atoms with Gasteiger partial charge in [0.1, 0.15) is 0 Å². The molecule has 4 aliphatic rings. The number of fused-ring (bicyclic) bond motifs is 5. The molecule has 0 N–H and O–H groups in total. The van der Waals surface area contributed by atoms with Crippen LogP contribution >= 0.6 is 0 Å². The average molecular weight is 329 g/mol. The van der Waals surface area contributed by atoms with Crippen LogP contribution in [0.1, 0.15) is 85.5 Å². The Bertz CT molecular complexity index is 558. The molecule has 0 radical (unpaired) electrons. The van der Waals surface area contributed by atoms with E-state index >= 15 is 0 Å². The molecule has 4 rings (SSSR count). The molecule has 0 saturated heterocycles. The van der Waals surface area contributed by atoms with Gasteiger partial charge >= 0.3 is 0 Å². The van der Waals surface area contributed by atoms with Gasteiger partial charge in [-0.15, -0.1) is 0 Å². The van der Waals surface area contributed by atoms with Crippen molar-refractivity contribution in [3.8, 4) is 0 Å². The van der Waals surface area contributed by atoms with Crippen LogP contribution in [0.15, 0.2) is 11.6 Å². The van der Waals surface area contributed by atoms with E-state index in [1.54, 1.807) is 0 Å². The van der Waals surface area contributed by atoms with Crippen molar-refractivity contribution in [1.82, 2.24) is 0 Å². The topological polar surface area (TPSA) is 17.1 Å². The third-order valence-electron chi connectivity index (χ3n) is 8.76. The lowest BCUT2D eigenvalue weighted by molar-refractivity contribution is -0.137. The van der Waals surface area contributed by atoms with Crippen LogP contribution in [0.3, 0.4) is 0 Å². The maximum atomic E-state index is 13.2. The molecule has 1 nitrogen and oxygen atoms in total. The van der Waals surface area contributed by atoms with Gasteiger partial charge in [-0.25, -0.2) is 0 Å². The van der Waals surface area contributed by atoms with Crippen molar-refractivity contribution in [2.45, 2.75) is 85.5 Å². The molecule has 24 heavy (non-hydrogen) atoms. The Hall–Kier alpha value is -0.590. The molecular weight excluding hydrogens is 292 g/mol. The normalized spacial score (nSPS) is 49.9. The summed E-state index contributed by atoms with van der Waals surface area (Å²) in [5.41, 5.74) is 1.71. The van der Waals surface area contributed by atoms with Crippen molar-refractivity contribution in [2.24, 2.45) is 40.4 Å². The van der Waals surface area contributed by atoms with E-state index in [0.717, 1.165) is 30.6 Å². The fourth-order valence-corrected chi connectivity index (χ4v) is 7.52. The van der Waals surface area contributed by atoms with E-state index in [9.17, 15) is 4.79 Å². The van der Waals surface area contributed by atoms with E-state index in [0.29, 0.717) is 23.0 Å². The van der Waals surface area contributed by atoms with E-state index in [-0.39, 0.29) is 5.41 Å². The zero-order valence-corrected chi connectivity index (χ0v) is 16.2. The van der Waals surface area contributed by atoms with Gasteiger partial charge < -0.3 is 0 Å². The number of hydrogen-bond acceptors (Lipinski definition) is 1. The minimum atomic E-state index is -0.0419. The monoisotopic (exact) mass is 328 g/mol. The summed E-state index contributed by atoms with van der Waals surface area (Å²) in [5.74, 6) is 4.31. The van der Waals surface area contributed by atoms with Crippen LogP contribution in [0.4, 0.5) is 0 Å². The summed E-state index contributed by atoms with van der Waals surface area (Å²) in [6.45, 7) is 9.36. The highest BCUT2D eigenvalue weighted by atomic mass is 16.1. The molecule has 1 heteroatoms. The molecule has 6 atom stereocenters. The maximum absolute atomic E-state index is 13.2. The van der Waals surface area contributed by atoms with E-state index in [2.05, 4.69) is 33.8 Å². The molecule has 0 aromatic carbocycles. The molecule has 0 bridgehead atoms. The molecule has 4 fully saturated rings. The van der Waals surface area contributed by atoms with Gasteiger partial charge in [-0.2, -0.15) is 0 Å². The highest BCUT2D eigenvalue weighted by Crippen LogP contribution is 2.66. The van der Waals surface area contributed by atoms with E-state index in [4.69, 9.17) is 0 Å². The number of rotatable bonds is 1. The van der Waals surface area contributed by atoms with Gasteiger partial charge in [0.05, 0.1) is 0 Å². The third-order valence-corrected chi connectivity index (χ3v) is 8.76. The Kier molecular flexibility index (Phi) is 4.01. The molecule has 0 aliphatic heterocycles. The Morgan fingerprint density at radius 1 is 1.00 bits per heavy atom. The van der Waals surface area contributed by atoms with Crippen molar-refractivity contribution >= 4 is 5.78 Å². The van der Waals surface area contributed by atoms with Crippen LogP contribution in [0.25, 0.3) is 0 Å². The van der Waals surface area contributed by atoms with Crippen LogP contribution in [0, 0.1) is 40.4 Å². The zero-order valence-electron chi connectivity index (χ0n) is 16.2. The predicted octanol–water partition coefficient (Wildman–Crippen LogP) is 6.18. The molecule has 0 amide bonds. The summed E-state index contributed by atoms with van der Waals surface area (Å²) in [7, 11) is 0. The molecule has 0 aromatic heterocycles. The highest BCUT2D eigenvalue weighted by Gasteiger charge is 2.60. The largest absolute Gasteiger partial charge is 0.294 e. The minimum Gasteiger partial charge on any atom is -0.294 e. The molecule has 0 aromatic rings. The molecule has 0 heterocycles. The van der Waals surface area contributed by atoms with Crippen molar-refractivity contribution in [3.63, 3.8) is 0 Å². The van der Waals surface area contributed by atoms with Crippen LogP contribution in [0.5, 0.6) is 0 Å². The van der Waals surface area contributed by atoms with Crippen LogP contribution in [0.2, 0.25) is 0 Å². The summed E-state index contributed by atoms with van der Waals surface area (Å²) < 4.78 is 0. The number of carbonyl (C=O) groups excluding carboxylic acids is 1. The SMILES string of the molecule is CC(C)/C=C1\C[C@H]2[C@@H]3CC[C@H]4CCCC[C@]4(C)[C@H]3CC[C@]2(C)C1=O. The first-order valence-corrected chi connectivity index (χ1v) is 10.6. The lowest BCUT2D eigenvalue weighted by Gasteiger charge is -2.59. The van der Waals surface area contributed by atoms with Gasteiger partial charge in [0.15, 0.2) is 5.78 Å². The van der Waals surface area contributed by atoms with Gasteiger partial charge in [0, 0.05) is 5.41 Å². The first-order chi connectivity index (χ1) is 11.4. The highest BCUT2D eigenvalue weighted by molar-refractivity contribution is 6.02. The Labute approximate surface area is 148 Å².